The number of nitrogens with one attached hydrogen (secondary N) is 1. The number of hydrogen-bond acceptors (Lipinski definition) is 5. The number of para-hydroxylation sites is 1. The molecule has 7 nitrogen and oxygen atoms in total. The van der Waals surface area contributed by atoms with Crippen molar-refractivity contribution in [1.29, 1.82) is 0 Å². The third kappa shape index (κ3) is 5.61. The largest absolute Gasteiger partial charge is 0.496 e. The first kappa shape index (κ1) is 19.0. The van der Waals surface area contributed by atoms with Gasteiger partial charge in [0.1, 0.15) is 5.75 Å². The predicted octanol–water partition coefficient (Wildman–Crippen LogP) is 1.52. The van der Waals surface area contributed by atoms with Crippen molar-refractivity contribution < 1.29 is 22.4 Å². The summed E-state index contributed by atoms with van der Waals surface area (Å²) in [4.78, 5) is 11.8. The molecule has 0 saturated carbocycles. The molecule has 1 heterocycles. The van der Waals surface area contributed by atoms with E-state index in [-0.39, 0.29) is 24.8 Å². The van der Waals surface area contributed by atoms with Crippen molar-refractivity contribution in [3.8, 4) is 5.75 Å². The van der Waals surface area contributed by atoms with E-state index in [4.69, 9.17) is 9.15 Å². The summed E-state index contributed by atoms with van der Waals surface area (Å²) in [5, 5.41) is 2.64. The first-order valence-corrected chi connectivity index (χ1v) is 9.65. The Morgan fingerprint density at radius 2 is 1.96 bits per heavy atom. The molecule has 1 aromatic heterocycles. The molecular formula is C17H22N2O5S. The van der Waals surface area contributed by atoms with Gasteiger partial charge in [0, 0.05) is 19.6 Å². The van der Waals surface area contributed by atoms with Crippen LogP contribution in [0.2, 0.25) is 0 Å². The molecule has 0 fully saturated rings. The van der Waals surface area contributed by atoms with Crippen molar-refractivity contribution in [1.82, 2.24) is 9.62 Å². The van der Waals surface area contributed by atoms with Crippen molar-refractivity contribution in [3.05, 3.63) is 54.0 Å². The van der Waals surface area contributed by atoms with Crippen LogP contribution in [-0.2, 0) is 16.4 Å². The molecule has 0 aliphatic rings. The van der Waals surface area contributed by atoms with Gasteiger partial charge in [-0.05, 0) is 30.2 Å². The first-order chi connectivity index (χ1) is 11.9. The maximum Gasteiger partial charge on any atom is 0.287 e. The molecule has 8 heteroatoms. The number of carbonyl (C=O) groups is 1. The molecule has 0 saturated heterocycles. The van der Waals surface area contributed by atoms with Gasteiger partial charge in [0.2, 0.25) is 10.0 Å². The number of methoxy groups -OCH3 is 1. The third-order valence-electron chi connectivity index (χ3n) is 3.68. The van der Waals surface area contributed by atoms with Crippen LogP contribution in [-0.4, -0.2) is 51.6 Å². The number of rotatable bonds is 9. The monoisotopic (exact) mass is 366 g/mol. The minimum Gasteiger partial charge on any atom is -0.496 e. The number of ether oxygens (including phenoxy) is 1. The van der Waals surface area contributed by atoms with Crippen LogP contribution in [0.1, 0.15) is 16.1 Å². The lowest BCUT2D eigenvalue weighted by Gasteiger charge is -2.20. The minimum absolute atomic E-state index is 0.181. The van der Waals surface area contributed by atoms with Crippen LogP contribution in [0.4, 0.5) is 0 Å². The molecule has 0 aliphatic carbocycles. The lowest BCUT2D eigenvalue weighted by atomic mass is 10.1. The van der Waals surface area contributed by atoms with E-state index in [9.17, 15) is 13.2 Å². The highest BCUT2D eigenvalue weighted by molar-refractivity contribution is 7.88. The molecule has 1 N–H and O–H groups in total. The summed E-state index contributed by atoms with van der Waals surface area (Å²) in [5.41, 5.74) is 0.929. The molecule has 0 unspecified atom stereocenters. The van der Waals surface area contributed by atoms with Gasteiger partial charge in [-0.25, -0.2) is 12.7 Å². The van der Waals surface area contributed by atoms with Crippen LogP contribution in [0.25, 0.3) is 0 Å². The average Bonchev–Trinajstić information content (AvgIpc) is 3.11. The number of sulfonamides is 1. The molecule has 136 valence electrons. The van der Waals surface area contributed by atoms with Gasteiger partial charge in [-0.15, -0.1) is 0 Å². The summed E-state index contributed by atoms with van der Waals surface area (Å²) in [7, 11) is -1.81. The van der Waals surface area contributed by atoms with Crippen LogP contribution in [0.3, 0.4) is 0 Å². The molecule has 2 aromatic rings. The van der Waals surface area contributed by atoms with Crippen molar-refractivity contribution >= 4 is 15.9 Å². The zero-order chi connectivity index (χ0) is 18.3. The zero-order valence-corrected chi connectivity index (χ0v) is 15.1. The topological polar surface area (TPSA) is 88.8 Å². The molecule has 0 spiro atoms. The lowest BCUT2D eigenvalue weighted by molar-refractivity contribution is 0.0924. The van der Waals surface area contributed by atoms with Gasteiger partial charge >= 0.3 is 0 Å². The maximum atomic E-state index is 12.0. The van der Waals surface area contributed by atoms with E-state index in [1.807, 2.05) is 24.3 Å². The molecular weight excluding hydrogens is 344 g/mol. The quantitative estimate of drug-likeness (QED) is 0.727. The molecule has 0 aliphatic heterocycles. The summed E-state index contributed by atoms with van der Waals surface area (Å²) in [6, 6.07) is 10.6. The predicted molar refractivity (Wildman–Crippen MR) is 94.2 cm³/mol. The fourth-order valence-corrected chi connectivity index (χ4v) is 3.23. The van der Waals surface area contributed by atoms with E-state index in [0.717, 1.165) is 17.6 Å². The van der Waals surface area contributed by atoms with Crippen LogP contribution in [0.5, 0.6) is 5.75 Å². The fraction of sp³-hybridized carbons (Fsp3) is 0.353. The van der Waals surface area contributed by atoms with E-state index in [0.29, 0.717) is 13.0 Å². The fourth-order valence-electron chi connectivity index (χ4n) is 2.39. The summed E-state index contributed by atoms with van der Waals surface area (Å²) < 4.78 is 35.6. The molecule has 1 aromatic carbocycles. The molecule has 1 amide bonds. The van der Waals surface area contributed by atoms with Gasteiger partial charge in [-0.3, -0.25) is 4.79 Å². The van der Waals surface area contributed by atoms with E-state index < -0.39 is 10.0 Å². The van der Waals surface area contributed by atoms with Crippen molar-refractivity contribution in [3.63, 3.8) is 0 Å². The smallest absolute Gasteiger partial charge is 0.287 e. The van der Waals surface area contributed by atoms with Gasteiger partial charge < -0.3 is 14.5 Å². The Morgan fingerprint density at radius 1 is 1.20 bits per heavy atom. The Kier molecular flexibility index (Phi) is 6.60. The van der Waals surface area contributed by atoms with Crippen LogP contribution in [0, 0.1) is 0 Å². The number of furan rings is 1. The molecule has 2 rings (SSSR count). The second-order valence-corrected chi connectivity index (χ2v) is 7.44. The second kappa shape index (κ2) is 8.68. The lowest BCUT2D eigenvalue weighted by Crippen LogP contribution is -2.39. The highest BCUT2D eigenvalue weighted by Crippen LogP contribution is 2.18. The highest BCUT2D eigenvalue weighted by Gasteiger charge is 2.18. The van der Waals surface area contributed by atoms with Crippen LogP contribution in [0.15, 0.2) is 47.1 Å². The Bertz CT molecular complexity index is 787. The maximum absolute atomic E-state index is 12.0. The molecule has 0 radical (unpaired) electrons. The SMILES string of the molecule is COc1ccccc1CCN(CCNC(=O)c1ccco1)S(C)(=O)=O. The number of benzene rings is 1. The van der Waals surface area contributed by atoms with E-state index in [2.05, 4.69) is 5.32 Å². The standard InChI is InChI=1S/C17H22N2O5S/c1-23-15-7-4-3-6-14(15)9-11-19(25(2,21)22)12-10-18-17(20)16-8-5-13-24-16/h3-8,13H,9-12H2,1-2H3,(H,18,20). The van der Waals surface area contributed by atoms with Gasteiger partial charge in [0.15, 0.2) is 5.76 Å². The first-order valence-electron chi connectivity index (χ1n) is 7.80. The number of hydrogen-bond donors (Lipinski definition) is 1. The summed E-state index contributed by atoms with van der Waals surface area (Å²) >= 11 is 0. The van der Waals surface area contributed by atoms with Crippen molar-refractivity contribution in [2.75, 3.05) is 33.0 Å². The van der Waals surface area contributed by atoms with Crippen LogP contribution >= 0.6 is 0 Å². The van der Waals surface area contributed by atoms with Gasteiger partial charge in [0.05, 0.1) is 19.6 Å². The van der Waals surface area contributed by atoms with E-state index >= 15 is 0 Å². The number of carbonyl (C=O) groups excluding carboxylic acids is 1. The third-order valence-corrected chi connectivity index (χ3v) is 4.99. The number of amides is 1. The van der Waals surface area contributed by atoms with E-state index in [1.165, 1.54) is 10.6 Å². The molecule has 0 atom stereocenters. The molecule has 0 bridgehead atoms. The zero-order valence-electron chi connectivity index (χ0n) is 14.3. The van der Waals surface area contributed by atoms with Crippen molar-refractivity contribution in [2.45, 2.75) is 6.42 Å². The Labute approximate surface area is 147 Å². The average molecular weight is 366 g/mol. The Balaban J connectivity index is 1.92. The summed E-state index contributed by atoms with van der Waals surface area (Å²) in [5.74, 6) is 0.546. The normalized spacial score (nSPS) is 11.5. The number of nitrogens with zero attached hydrogens (tertiary/aromatic N) is 1. The van der Waals surface area contributed by atoms with E-state index in [1.54, 1.807) is 19.2 Å². The van der Waals surface area contributed by atoms with Gasteiger partial charge in [-0.1, -0.05) is 18.2 Å². The summed E-state index contributed by atoms with van der Waals surface area (Å²) in [6.45, 7) is 0.675. The second-order valence-electron chi connectivity index (χ2n) is 5.46. The van der Waals surface area contributed by atoms with Crippen LogP contribution < -0.4 is 10.1 Å². The summed E-state index contributed by atoms with van der Waals surface area (Å²) in [6.07, 6.45) is 3.08. The van der Waals surface area contributed by atoms with Crippen molar-refractivity contribution in [2.24, 2.45) is 0 Å². The molecule has 25 heavy (non-hydrogen) atoms. The van der Waals surface area contributed by atoms with Gasteiger partial charge in [0.25, 0.3) is 5.91 Å². The minimum atomic E-state index is -3.39. The Hall–Kier alpha value is -2.32. The highest BCUT2D eigenvalue weighted by atomic mass is 32.2. The van der Waals surface area contributed by atoms with Gasteiger partial charge in [-0.2, -0.15) is 0 Å². The Morgan fingerprint density at radius 3 is 2.60 bits per heavy atom.